The fourth-order valence-electron chi connectivity index (χ4n) is 2.27. The van der Waals surface area contributed by atoms with Gasteiger partial charge < -0.3 is 24.5 Å². The molecule has 0 spiro atoms. The molecule has 0 unspecified atom stereocenters. The number of ether oxygens (including phenoxy) is 2. The maximum atomic E-state index is 12.0. The fourth-order valence-corrected chi connectivity index (χ4v) is 2.27. The zero-order valence-corrected chi connectivity index (χ0v) is 13.5. The lowest BCUT2D eigenvalue weighted by Crippen LogP contribution is -2.44. The van der Waals surface area contributed by atoms with Gasteiger partial charge in [-0.15, -0.1) is 0 Å². The van der Waals surface area contributed by atoms with Gasteiger partial charge in [0.15, 0.2) is 0 Å². The molecule has 0 aromatic carbocycles. The molecule has 1 aromatic heterocycles. The summed E-state index contributed by atoms with van der Waals surface area (Å²) in [5, 5.41) is 10.9. The van der Waals surface area contributed by atoms with Gasteiger partial charge in [-0.05, 0) is 42.8 Å². The summed E-state index contributed by atoms with van der Waals surface area (Å²) in [7, 11) is 0. The van der Waals surface area contributed by atoms with Gasteiger partial charge in [0.25, 0.3) is 0 Å². The van der Waals surface area contributed by atoms with Crippen LogP contribution in [0.2, 0.25) is 0 Å². The summed E-state index contributed by atoms with van der Waals surface area (Å²) in [6.07, 6.45) is 2.01. The Morgan fingerprint density at radius 3 is 2.61 bits per heavy atom. The standard InChI is InChI=1S/C15H21N3O5/c1-15(2,3)23-14(19)17-9-6-11(7-10-17)22-12-5-4-8-16-13(12)18(20)21/h4-5,8,11H,6-7,9-10H2,1-3H3. The van der Waals surface area contributed by atoms with Crippen LogP contribution in [0.5, 0.6) is 5.75 Å². The minimum Gasteiger partial charge on any atom is -0.482 e. The van der Waals surface area contributed by atoms with Crippen LogP contribution in [0.4, 0.5) is 10.6 Å². The van der Waals surface area contributed by atoms with Crippen LogP contribution in [0.1, 0.15) is 33.6 Å². The highest BCUT2D eigenvalue weighted by Crippen LogP contribution is 2.27. The van der Waals surface area contributed by atoms with E-state index in [9.17, 15) is 14.9 Å². The molecule has 2 rings (SSSR count). The number of carbonyl (C=O) groups excluding carboxylic acids is 1. The van der Waals surface area contributed by atoms with Crippen LogP contribution >= 0.6 is 0 Å². The van der Waals surface area contributed by atoms with E-state index in [-0.39, 0.29) is 23.8 Å². The molecular weight excluding hydrogens is 302 g/mol. The highest BCUT2D eigenvalue weighted by molar-refractivity contribution is 5.68. The van der Waals surface area contributed by atoms with Crippen molar-refractivity contribution in [3.05, 3.63) is 28.4 Å². The summed E-state index contributed by atoms with van der Waals surface area (Å²) in [5.74, 6) is -0.129. The lowest BCUT2D eigenvalue weighted by molar-refractivity contribution is -0.390. The second-order valence-electron chi connectivity index (χ2n) is 6.37. The second kappa shape index (κ2) is 6.80. The predicted octanol–water partition coefficient (Wildman–Crippen LogP) is 2.77. The number of pyridine rings is 1. The molecule has 8 heteroatoms. The third-order valence-electron chi connectivity index (χ3n) is 3.31. The Balaban J connectivity index is 1.91. The lowest BCUT2D eigenvalue weighted by atomic mass is 10.1. The van der Waals surface area contributed by atoms with E-state index in [1.165, 1.54) is 12.3 Å². The van der Waals surface area contributed by atoms with Gasteiger partial charge in [0.05, 0.1) is 0 Å². The third kappa shape index (κ3) is 4.80. The van der Waals surface area contributed by atoms with Gasteiger partial charge >= 0.3 is 11.9 Å². The Morgan fingerprint density at radius 2 is 2.04 bits per heavy atom. The Labute approximate surface area is 134 Å². The quantitative estimate of drug-likeness (QED) is 0.627. The summed E-state index contributed by atoms with van der Waals surface area (Å²) >= 11 is 0. The van der Waals surface area contributed by atoms with Crippen molar-refractivity contribution in [1.82, 2.24) is 9.88 Å². The molecule has 1 aliphatic rings. The zero-order valence-electron chi connectivity index (χ0n) is 13.5. The van der Waals surface area contributed by atoms with Gasteiger partial charge in [-0.3, -0.25) is 0 Å². The summed E-state index contributed by atoms with van der Waals surface area (Å²) in [5.41, 5.74) is -0.527. The Bertz CT molecular complexity index is 577. The topological polar surface area (TPSA) is 94.8 Å². The highest BCUT2D eigenvalue weighted by Gasteiger charge is 2.29. The molecule has 23 heavy (non-hydrogen) atoms. The van der Waals surface area contributed by atoms with Gasteiger partial charge in [-0.25, -0.2) is 4.79 Å². The van der Waals surface area contributed by atoms with E-state index in [1.54, 1.807) is 11.0 Å². The van der Waals surface area contributed by atoms with E-state index in [0.29, 0.717) is 25.9 Å². The first-order chi connectivity index (χ1) is 10.8. The van der Waals surface area contributed by atoms with Crippen LogP contribution in [0.3, 0.4) is 0 Å². The van der Waals surface area contributed by atoms with Crippen molar-refractivity contribution >= 4 is 11.9 Å². The Morgan fingerprint density at radius 1 is 1.39 bits per heavy atom. The molecule has 0 aliphatic carbocycles. The van der Waals surface area contributed by atoms with Gasteiger partial charge in [-0.1, -0.05) is 0 Å². The summed E-state index contributed by atoms with van der Waals surface area (Å²) < 4.78 is 11.0. The molecule has 0 radical (unpaired) electrons. The predicted molar refractivity (Wildman–Crippen MR) is 82.3 cm³/mol. The number of likely N-dealkylation sites (tertiary alicyclic amines) is 1. The van der Waals surface area contributed by atoms with Gasteiger partial charge in [0, 0.05) is 25.9 Å². The smallest absolute Gasteiger partial charge is 0.410 e. The molecule has 0 bridgehead atoms. The van der Waals surface area contributed by atoms with Crippen molar-refractivity contribution in [1.29, 1.82) is 0 Å². The number of amides is 1. The van der Waals surface area contributed by atoms with Crippen molar-refractivity contribution < 1.29 is 19.2 Å². The van der Waals surface area contributed by atoms with Crippen molar-refractivity contribution in [2.45, 2.75) is 45.3 Å². The minimum absolute atomic E-state index is 0.160. The zero-order chi connectivity index (χ0) is 17.0. The summed E-state index contributed by atoms with van der Waals surface area (Å²) in [6.45, 7) is 6.45. The van der Waals surface area contributed by atoms with Crippen LogP contribution in [0.15, 0.2) is 18.3 Å². The number of hydrogen-bond donors (Lipinski definition) is 0. The molecule has 0 N–H and O–H groups in total. The number of nitro groups is 1. The number of rotatable bonds is 3. The lowest BCUT2D eigenvalue weighted by Gasteiger charge is -2.33. The molecule has 1 aromatic rings. The van der Waals surface area contributed by atoms with E-state index in [2.05, 4.69) is 4.98 Å². The van der Waals surface area contributed by atoms with Crippen LogP contribution in [-0.4, -0.2) is 45.7 Å². The van der Waals surface area contributed by atoms with Gasteiger partial charge in [-0.2, -0.15) is 0 Å². The van der Waals surface area contributed by atoms with Crippen LogP contribution in [-0.2, 0) is 4.74 Å². The van der Waals surface area contributed by atoms with Crippen molar-refractivity contribution in [3.8, 4) is 5.75 Å². The van der Waals surface area contributed by atoms with E-state index in [1.807, 2.05) is 20.8 Å². The number of piperidine rings is 1. The fraction of sp³-hybridized carbons (Fsp3) is 0.600. The maximum Gasteiger partial charge on any atom is 0.410 e. The largest absolute Gasteiger partial charge is 0.482 e. The SMILES string of the molecule is CC(C)(C)OC(=O)N1CCC(Oc2cccnc2[N+](=O)[O-])CC1. The number of nitrogens with zero attached hydrogens (tertiary/aromatic N) is 3. The summed E-state index contributed by atoms with van der Waals surface area (Å²) in [6, 6.07) is 3.13. The average Bonchev–Trinajstić information content (AvgIpc) is 2.46. The molecule has 2 heterocycles. The molecule has 0 atom stereocenters. The first-order valence-corrected chi connectivity index (χ1v) is 7.50. The third-order valence-corrected chi connectivity index (χ3v) is 3.31. The molecule has 1 saturated heterocycles. The Kier molecular flexibility index (Phi) is 5.02. The second-order valence-corrected chi connectivity index (χ2v) is 6.37. The molecule has 8 nitrogen and oxygen atoms in total. The maximum absolute atomic E-state index is 12.0. The monoisotopic (exact) mass is 323 g/mol. The van der Waals surface area contributed by atoms with Gasteiger partial charge in [0.1, 0.15) is 17.9 Å². The molecule has 1 amide bonds. The van der Waals surface area contributed by atoms with E-state index in [0.717, 1.165) is 0 Å². The number of carbonyl (C=O) groups is 1. The Hall–Kier alpha value is -2.38. The van der Waals surface area contributed by atoms with Crippen LogP contribution < -0.4 is 4.74 Å². The molecule has 1 aliphatic heterocycles. The van der Waals surface area contributed by atoms with Crippen molar-refractivity contribution in [3.63, 3.8) is 0 Å². The summed E-state index contributed by atoms with van der Waals surface area (Å²) in [4.78, 5) is 27.7. The molecule has 126 valence electrons. The van der Waals surface area contributed by atoms with E-state index < -0.39 is 10.5 Å². The molecule has 1 fully saturated rings. The molecule has 0 saturated carbocycles. The van der Waals surface area contributed by atoms with E-state index in [4.69, 9.17) is 9.47 Å². The number of hydrogen-bond acceptors (Lipinski definition) is 6. The number of aromatic nitrogens is 1. The normalized spacial score (nSPS) is 16.0. The average molecular weight is 323 g/mol. The first-order valence-electron chi connectivity index (χ1n) is 7.50. The van der Waals surface area contributed by atoms with Crippen molar-refractivity contribution in [2.24, 2.45) is 0 Å². The van der Waals surface area contributed by atoms with Crippen LogP contribution in [0, 0.1) is 10.1 Å². The minimum atomic E-state index is -0.564. The van der Waals surface area contributed by atoms with Crippen molar-refractivity contribution in [2.75, 3.05) is 13.1 Å². The van der Waals surface area contributed by atoms with Crippen LogP contribution in [0.25, 0.3) is 0 Å². The molecular formula is C15H21N3O5. The first kappa shape index (κ1) is 17.0. The highest BCUT2D eigenvalue weighted by atomic mass is 16.6. The van der Waals surface area contributed by atoms with Gasteiger partial charge in [0.2, 0.25) is 5.75 Å². The van der Waals surface area contributed by atoms with E-state index >= 15 is 0 Å².